The number of aromatic nitrogens is 3. The Morgan fingerprint density at radius 2 is 1.88 bits per heavy atom. The summed E-state index contributed by atoms with van der Waals surface area (Å²) in [5, 5.41) is 9.86. The molecule has 0 radical (unpaired) electrons. The molecule has 3 rings (SSSR count). The van der Waals surface area contributed by atoms with Gasteiger partial charge in [0.25, 0.3) is 0 Å². The first-order valence-corrected chi connectivity index (χ1v) is 9.70. The van der Waals surface area contributed by atoms with Gasteiger partial charge in [-0.25, -0.2) is 0 Å². The van der Waals surface area contributed by atoms with Crippen molar-refractivity contribution in [2.45, 2.75) is 62.4 Å². The lowest BCUT2D eigenvalue weighted by atomic mass is 9.95. The molecule has 1 aliphatic carbocycles. The number of carbonyl (C=O) groups is 1. The third-order valence-electron chi connectivity index (χ3n) is 4.55. The minimum absolute atomic E-state index is 0.0903. The number of hydrogen-bond acceptors (Lipinski definition) is 4. The number of nitrogens with zero attached hydrogens (tertiary/aromatic N) is 3. The lowest BCUT2D eigenvalue weighted by Gasteiger charge is -2.25. The summed E-state index contributed by atoms with van der Waals surface area (Å²) in [7, 11) is 0. The third kappa shape index (κ3) is 3.83. The molecule has 2 aromatic rings. The molecule has 6 heteroatoms. The van der Waals surface area contributed by atoms with Crippen molar-refractivity contribution in [3.8, 4) is 0 Å². The largest absolute Gasteiger partial charge is 0.303 e. The van der Waals surface area contributed by atoms with Gasteiger partial charge in [0.2, 0.25) is 0 Å². The average molecular weight is 364 g/mol. The number of carbonyl (C=O) groups excluding carboxylic acids is 1. The van der Waals surface area contributed by atoms with Gasteiger partial charge in [-0.15, -0.1) is 10.2 Å². The fourth-order valence-electron chi connectivity index (χ4n) is 3.25. The van der Waals surface area contributed by atoms with E-state index >= 15 is 0 Å². The highest BCUT2D eigenvalue weighted by atomic mass is 35.5. The SMILES string of the molecule is Cc1nnc(SC(C)C(=O)c2ccc(Cl)cc2)n1C1CCCCC1. The van der Waals surface area contributed by atoms with Crippen LogP contribution in [0.25, 0.3) is 0 Å². The van der Waals surface area contributed by atoms with Gasteiger partial charge in [0.1, 0.15) is 5.82 Å². The topological polar surface area (TPSA) is 47.8 Å². The number of benzene rings is 1. The Kier molecular flexibility index (Phi) is 5.61. The molecule has 0 amide bonds. The molecule has 1 aliphatic rings. The van der Waals surface area contributed by atoms with Crippen LogP contribution in [0.2, 0.25) is 5.02 Å². The summed E-state index contributed by atoms with van der Waals surface area (Å²) in [6.45, 7) is 3.92. The Labute approximate surface area is 152 Å². The molecule has 1 aromatic carbocycles. The summed E-state index contributed by atoms with van der Waals surface area (Å²) in [5.74, 6) is 1.03. The van der Waals surface area contributed by atoms with Crippen molar-refractivity contribution in [2.75, 3.05) is 0 Å². The van der Waals surface area contributed by atoms with E-state index in [0.29, 0.717) is 16.6 Å². The lowest BCUT2D eigenvalue weighted by Crippen LogP contribution is -2.18. The van der Waals surface area contributed by atoms with Crippen LogP contribution in [0.5, 0.6) is 0 Å². The van der Waals surface area contributed by atoms with Crippen LogP contribution >= 0.6 is 23.4 Å². The van der Waals surface area contributed by atoms with Gasteiger partial charge in [-0.05, 0) is 51.0 Å². The van der Waals surface area contributed by atoms with Crippen LogP contribution in [0.1, 0.15) is 61.3 Å². The summed E-state index contributed by atoms with van der Waals surface area (Å²) in [6, 6.07) is 7.52. The van der Waals surface area contributed by atoms with Gasteiger partial charge in [0.05, 0.1) is 5.25 Å². The summed E-state index contributed by atoms with van der Waals surface area (Å²) in [5.41, 5.74) is 0.680. The fraction of sp³-hybridized carbons (Fsp3) is 0.500. The Bertz CT molecular complexity index is 708. The standard InChI is InChI=1S/C18H22ClN3OS/c1-12(17(23)14-8-10-15(19)11-9-14)24-18-21-20-13(2)22(18)16-6-4-3-5-7-16/h8-12,16H,3-7H2,1-2H3. The second kappa shape index (κ2) is 7.70. The van der Waals surface area contributed by atoms with Crippen molar-refractivity contribution in [3.63, 3.8) is 0 Å². The number of aryl methyl sites for hydroxylation is 1. The predicted octanol–water partition coefficient (Wildman–Crippen LogP) is 5.11. The average Bonchev–Trinajstić information content (AvgIpc) is 2.96. The molecule has 1 saturated carbocycles. The Balaban J connectivity index is 1.75. The molecule has 128 valence electrons. The van der Waals surface area contributed by atoms with Crippen molar-refractivity contribution in [1.82, 2.24) is 14.8 Å². The maximum atomic E-state index is 12.6. The van der Waals surface area contributed by atoms with Gasteiger partial charge < -0.3 is 4.57 Å². The number of ketones is 1. The van der Waals surface area contributed by atoms with E-state index in [1.54, 1.807) is 24.3 Å². The van der Waals surface area contributed by atoms with Gasteiger partial charge in [-0.2, -0.15) is 0 Å². The Morgan fingerprint density at radius 1 is 1.21 bits per heavy atom. The highest BCUT2D eigenvalue weighted by Gasteiger charge is 2.24. The van der Waals surface area contributed by atoms with Crippen LogP contribution in [-0.2, 0) is 0 Å². The van der Waals surface area contributed by atoms with Crippen LogP contribution in [0.4, 0.5) is 0 Å². The van der Waals surface area contributed by atoms with Crippen LogP contribution in [0.15, 0.2) is 29.4 Å². The lowest BCUT2D eigenvalue weighted by molar-refractivity contribution is 0.0994. The Hall–Kier alpha value is -1.33. The minimum atomic E-state index is -0.211. The monoisotopic (exact) mass is 363 g/mol. The molecule has 1 unspecified atom stereocenters. The van der Waals surface area contributed by atoms with Gasteiger partial charge in [-0.1, -0.05) is 42.6 Å². The maximum Gasteiger partial charge on any atom is 0.192 e. The quantitative estimate of drug-likeness (QED) is 0.547. The molecular formula is C18H22ClN3OS. The maximum absolute atomic E-state index is 12.6. The second-order valence-corrected chi connectivity index (χ2v) is 8.07. The van der Waals surface area contributed by atoms with Crippen molar-refractivity contribution < 1.29 is 4.79 Å². The van der Waals surface area contributed by atoms with Gasteiger partial charge in [0.15, 0.2) is 10.9 Å². The van der Waals surface area contributed by atoms with E-state index in [1.165, 1.54) is 43.9 Å². The molecule has 0 saturated heterocycles. The smallest absolute Gasteiger partial charge is 0.192 e. The number of hydrogen-bond donors (Lipinski definition) is 0. The van der Waals surface area contributed by atoms with Crippen LogP contribution < -0.4 is 0 Å². The van der Waals surface area contributed by atoms with E-state index in [4.69, 9.17) is 11.6 Å². The fourth-order valence-corrected chi connectivity index (χ4v) is 4.42. The predicted molar refractivity (Wildman–Crippen MR) is 98.0 cm³/mol. The zero-order valence-electron chi connectivity index (χ0n) is 14.0. The molecule has 1 heterocycles. The molecule has 0 N–H and O–H groups in total. The summed E-state index contributed by atoms with van der Waals surface area (Å²) in [4.78, 5) is 12.6. The number of Topliss-reactive ketones (excluding diaryl/α,β-unsaturated/α-hetero) is 1. The number of thioether (sulfide) groups is 1. The van der Waals surface area contributed by atoms with E-state index in [0.717, 1.165) is 11.0 Å². The van der Waals surface area contributed by atoms with Crippen LogP contribution in [0.3, 0.4) is 0 Å². The summed E-state index contributed by atoms with van der Waals surface area (Å²) in [6.07, 6.45) is 6.17. The second-order valence-electron chi connectivity index (χ2n) is 6.32. The molecule has 1 atom stereocenters. The van der Waals surface area contributed by atoms with E-state index in [-0.39, 0.29) is 11.0 Å². The zero-order chi connectivity index (χ0) is 17.1. The molecule has 4 nitrogen and oxygen atoms in total. The van der Waals surface area contributed by atoms with Crippen molar-refractivity contribution >= 4 is 29.1 Å². The first kappa shape index (κ1) is 17.5. The summed E-state index contributed by atoms with van der Waals surface area (Å²) >= 11 is 7.40. The zero-order valence-corrected chi connectivity index (χ0v) is 15.6. The summed E-state index contributed by atoms with van der Waals surface area (Å²) < 4.78 is 2.23. The van der Waals surface area contributed by atoms with Crippen molar-refractivity contribution in [1.29, 1.82) is 0 Å². The molecule has 0 spiro atoms. The third-order valence-corrected chi connectivity index (χ3v) is 5.86. The van der Waals surface area contributed by atoms with E-state index in [9.17, 15) is 4.79 Å². The van der Waals surface area contributed by atoms with Crippen LogP contribution in [-0.4, -0.2) is 25.8 Å². The number of halogens is 1. The van der Waals surface area contributed by atoms with E-state index in [2.05, 4.69) is 14.8 Å². The molecule has 1 aromatic heterocycles. The van der Waals surface area contributed by atoms with Crippen molar-refractivity contribution in [2.24, 2.45) is 0 Å². The first-order chi connectivity index (χ1) is 11.6. The highest BCUT2D eigenvalue weighted by Crippen LogP contribution is 2.34. The first-order valence-electron chi connectivity index (χ1n) is 8.44. The molecular weight excluding hydrogens is 342 g/mol. The van der Waals surface area contributed by atoms with Crippen LogP contribution in [0, 0.1) is 6.92 Å². The molecule has 24 heavy (non-hydrogen) atoms. The van der Waals surface area contributed by atoms with Gasteiger partial charge in [-0.3, -0.25) is 4.79 Å². The highest BCUT2D eigenvalue weighted by molar-refractivity contribution is 8.00. The number of rotatable bonds is 5. The molecule has 1 fully saturated rings. The minimum Gasteiger partial charge on any atom is -0.303 e. The van der Waals surface area contributed by atoms with E-state index < -0.39 is 0 Å². The Morgan fingerprint density at radius 3 is 2.54 bits per heavy atom. The normalized spacial score (nSPS) is 17.0. The molecule has 0 aliphatic heterocycles. The van der Waals surface area contributed by atoms with Crippen molar-refractivity contribution in [3.05, 3.63) is 40.7 Å². The van der Waals surface area contributed by atoms with Gasteiger partial charge in [0, 0.05) is 16.6 Å². The van der Waals surface area contributed by atoms with Gasteiger partial charge >= 0.3 is 0 Å². The molecule has 0 bridgehead atoms. The van der Waals surface area contributed by atoms with E-state index in [1.807, 2.05) is 13.8 Å².